The molecule has 0 aromatic carbocycles. The van der Waals surface area contributed by atoms with E-state index < -0.39 is 11.7 Å². The zero-order valence-electron chi connectivity index (χ0n) is 11.1. The molecule has 1 rings (SSSR count). The molecule has 0 fully saturated rings. The lowest BCUT2D eigenvalue weighted by Gasteiger charge is -2.25. The maximum absolute atomic E-state index is 12.0. The van der Waals surface area contributed by atoms with Crippen LogP contribution in [0.25, 0.3) is 0 Å². The topological polar surface area (TPSA) is 106 Å². The van der Waals surface area contributed by atoms with Gasteiger partial charge in [-0.2, -0.15) is 0 Å². The molecule has 0 atom stereocenters. The van der Waals surface area contributed by atoms with Gasteiger partial charge in [-0.05, 0) is 26.0 Å². The molecule has 0 saturated carbocycles. The van der Waals surface area contributed by atoms with Crippen LogP contribution in [0.15, 0.2) is 18.3 Å². The highest BCUT2D eigenvalue weighted by atomic mass is 16.5. The minimum Gasteiger partial charge on any atom is -0.409 e. The first-order chi connectivity index (χ1) is 8.69. The zero-order chi connectivity index (χ0) is 14.6. The fraction of sp³-hybridized carbons (Fsp3) is 0.417. The standard InChI is InChI=1S/C12H17N3O4/c1-12(2,18)7-15(3)10(16)9-5-4-8(6-14-9)19-11(13)17/h4-6,18H,7H2,1-3H3,(H2,13,17). The quantitative estimate of drug-likeness (QED) is 0.820. The summed E-state index contributed by atoms with van der Waals surface area (Å²) in [6.07, 6.45) is 0.288. The van der Waals surface area contributed by atoms with Gasteiger partial charge in [0.1, 0.15) is 5.69 Å². The van der Waals surface area contributed by atoms with Crippen molar-refractivity contribution in [3.05, 3.63) is 24.0 Å². The Morgan fingerprint density at radius 2 is 2.11 bits per heavy atom. The van der Waals surface area contributed by atoms with E-state index >= 15 is 0 Å². The fourth-order valence-electron chi connectivity index (χ4n) is 1.53. The average molecular weight is 267 g/mol. The summed E-state index contributed by atoms with van der Waals surface area (Å²) in [5.74, 6) is -0.179. The van der Waals surface area contributed by atoms with E-state index in [4.69, 9.17) is 5.73 Å². The number of likely N-dealkylation sites (N-methyl/N-ethyl adjacent to an activating group) is 1. The van der Waals surface area contributed by atoms with Crippen LogP contribution >= 0.6 is 0 Å². The van der Waals surface area contributed by atoms with Crippen molar-refractivity contribution in [1.29, 1.82) is 0 Å². The molecular formula is C12H17N3O4. The van der Waals surface area contributed by atoms with Gasteiger partial charge >= 0.3 is 6.09 Å². The third-order valence-electron chi connectivity index (χ3n) is 2.14. The maximum Gasteiger partial charge on any atom is 0.410 e. The Morgan fingerprint density at radius 3 is 2.53 bits per heavy atom. The van der Waals surface area contributed by atoms with Crippen LogP contribution in [-0.2, 0) is 0 Å². The molecule has 1 aromatic rings. The highest BCUT2D eigenvalue weighted by molar-refractivity contribution is 5.92. The molecule has 0 aliphatic carbocycles. The van der Waals surface area contributed by atoms with Crippen LogP contribution in [0, 0.1) is 0 Å². The minimum absolute atomic E-state index is 0.161. The number of nitrogens with zero attached hydrogens (tertiary/aromatic N) is 2. The first-order valence-corrected chi connectivity index (χ1v) is 5.60. The smallest absolute Gasteiger partial charge is 0.409 e. The van der Waals surface area contributed by atoms with Gasteiger partial charge in [0.05, 0.1) is 11.8 Å². The molecule has 19 heavy (non-hydrogen) atoms. The highest BCUT2D eigenvalue weighted by Gasteiger charge is 2.21. The number of pyridine rings is 1. The summed E-state index contributed by atoms with van der Waals surface area (Å²) in [7, 11) is 1.57. The molecule has 1 aromatic heterocycles. The lowest BCUT2D eigenvalue weighted by atomic mass is 10.1. The molecule has 1 heterocycles. The van der Waals surface area contributed by atoms with Crippen molar-refractivity contribution in [2.75, 3.05) is 13.6 Å². The van der Waals surface area contributed by atoms with Crippen molar-refractivity contribution in [3.8, 4) is 5.75 Å². The van der Waals surface area contributed by atoms with Crippen LogP contribution in [0.4, 0.5) is 4.79 Å². The van der Waals surface area contributed by atoms with Gasteiger partial charge < -0.3 is 20.5 Å². The largest absolute Gasteiger partial charge is 0.410 e. The third-order valence-corrected chi connectivity index (χ3v) is 2.14. The number of hydrogen-bond donors (Lipinski definition) is 2. The van der Waals surface area contributed by atoms with Crippen molar-refractivity contribution < 1.29 is 19.4 Å². The van der Waals surface area contributed by atoms with Gasteiger partial charge in [-0.3, -0.25) is 4.79 Å². The Labute approximate surface area is 111 Å². The van der Waals surface area contributed by atoms with Gasteiger partial charge in [0.15, 0.2) is 5.75 Å². The van der Waals surface area contributed by atoms with Gasteiger partial charge in [0, 0.05) is 13.6 Å². The summed E-state index contributed by atoms with van der Waals surface area (Å²) in [6, 6.07) is 2.84. The summed E-state index contributed by atoms with van der Waals surface area (Å²) >= 11 is 0. The van der Waals surface area contributed by atoms with E-state index in [0.717, 1.165) is 0 Å². The molecule has 7 nitrogen and oxygen atoms in total. The number of hydrogen-bond acceptors (Lipinski definition) is 5. The van der Waals surface area contributed by atoms with E-state index in [2.05, 4.69) is 9.72 Å². The minimum atomic E-state index is -0.987. The second kappa shape index (κ2) is 5.66. The summed E-state index contributed by atoms with van der Waals surface area (Å²) in [5.41, 5.74) is 4.05. The average Bonchev–Trinajstić information content (AvgIpc) is 2.26. The second-order valence-corrected chi connectivity index (χ2v) is 4.77. The Morgan fingerprint density at radius 1 is 1.47 bits per heavy atom. The molecule has 0 unspecified atom stereocenters. The number of carbonyl (C=O) groups excluding carboxylic acids is 2. The predicted octanol–water partition coefficient (Wildman–Crippen LogP) is 0.382. The number of rotatable bonds is 4. The van der Waals surface area contributed by atoms with Gasteiger partial charge in [0.2, 0.25) is 0 Å². The van der Waals surface area contributed by atoms with E-state index in [1.807, 2.05) is 0 Å². The van der Waals surface area contributed by atoms with E-state index in [9.17, 15) is 14.7 Å². The van der Waals surface area contributed by atoms with Crippen molar-refractivity contribution in [1.82, 2.24) is 9.88 Å². The highest BCUT2D eigenvalue weighted by Crippen LogP contribution is 2.11. The zero-order valence-corrected chi connectivity index (χ0v) is 11.1. The molecule has 2 amide bonds. The molecule has 0 bridgehead atoms. The maximum atomic E-state index is 12.0. The molecular weight excluding hydrogens is 250 g/mol. The summed E-state index contributed by atoms with van der Waals surface area (Å²) in [5, 5.41) is 9.64. The lowest BCUT2D eigenvalue weighted by Crippen LogP contribution is -2.39. The van der Waals surface area contributed by atoms with Crippen molar-refractivity contribution in [2.24, 2.45) is 5.73 Å². The molecule has 0 saturated heterocycles. The predicted molar refractivity (Wildman–Crippen MR) is 67.7 cm³/mol. The van der Waals surface area contributed by atoms with Crippen LogP contribution in [0.5, 0.6) is 5.75 Å². The first kappa shape index (κ1) is 14.9. The van der Waals surface area contributed by atoms with Crippen molar-refractivity contribution in [2.45, 2.75) is 19.4 Å². The van der Waals surface area contributed by atoms with Crippen LogP contribution in [-0.4, -0.2) is 46.2 Å². The van der Waals surface area contributed by atoms with Crippen molar-refractivity contribution >= 4 is 12.0 Å². The molecule has 3 N–H and O–H groups in total. The van der Waals surface area contributed by atoms with Crippen LogP contribution < -0.4 is 10.5 Å². The van der Waals surface area contributed by atoms with E-state index in [0.29, 0.717) is 0 Å². The Bertz CT molecular complexity index is 465. The van der Waals surface area contributed by atoms with E-state index in [1.165, 1.54) is 23.2 Å². The van der Waals surface area contributed by atoms with Crippen LogP contribution in [0.3, 0.4) is 0 Å². The van der Waals surface area contributed by atoms with Crippen LogP contribution in [0.2, 0.25) is 0 Å². The Balaban J connectivity index is 2.75. The number of aromatic nitrogens is 1. The second-order valence-electron chi connectivity index (χ2n) is 4.77. The molecule has 0 aliphatic heterocycles. The SMILES string of the molecule is CN(CC(C)(C)O)C(=O)c1ccc(OC(N)=O)cn1. The number of ether oxygens (including phenoxy) is 1. The summed E-state index contributed by atoms with van der Waals surface area (Å²) in [6.45, 7) is 3.38. The molecule has 0 spiro atoms. The number of primary amides is 1. The molecule has 7 heteroatoms. The van der Waals surface area contributed by atoms with Gasteiger partial charge in [-0.1, -0.05) is 0 Å². The third kappa shape index (κ3) is 4.92. The number of amides is 2. The number of aliphatic hydroxyl groups is 1. The number of carbonyl (C=O) groups is 2. The van der Waals surface area contributed by atoms with Crippen LogP contribution in [0.1, 0.15) is 24.3 Å². The molecule has 0 radical (unpaired) electrons. The Kier molecular flexibility index (Phi) is 4.44. The monoisotopic (exact) mass is 267 g/mol. The Hall–Kier alpha value is -2.15. The summed E-state index contributed by atoms with van der Waals surface area (Å²) in [4.78, 5) is 27.7. The lowest BCUT2D eigenvalue weighted by molar-refractivity contribution is 0.0365. The normalized spacial score (nSPS) is 10.9. The summed E-state index contributed by atoms with van der Waals surface area (Å²) < 4.78 is 4.60. The fourth-order valence-corrected chi connectivity index (χ4v) is 1.53. The van der Waals surface area contributed by atoms with E-state index in [-0.39, 0.29) is 23.9 Å². The van der Waals surface area contributed by atoms with Gasteiger partial charge in [0.25, 0.3) is 5.91 Å². The molecule has 0 aliphatic rings. The number of nitrogens with two attached hydrogens (primary N) is 1. The van der Waals surface area contributed by atoms with E-state index in [1.54, 1.807) is 20.9 Å². The van der Waals surface area contributed by atoms with Crippen molar-refractivity contribution in [3.63, 3.8) is 0 Å². The molecule has 104 valence electrons. The van der Waals surface area contributed by atoms with Gasteiger partial charge in [-0.15, -0.1) is 0 Å². The first-order valence-electron chi connectivity index (χ1n) is 5.60. The van der Waals surface area contributed by atoms with Gasteiger partial charge in [-0.25, -0.2) is 9.78 Å².